The molecule has 3 rings (SSSR count). The van der Waals surface area contributed by atoms with Gasteiger partial charge in [0.15, 0.2) is 12.2 Å². The summed E-state index contributed by atoms with van der Waals surface area (Å²) in [6, 6.07) is 10.1. The monoisotopic (exact) mass is 464 g/mol. The average Bonchev–Trinajstić information content (AvgIpc) is 2.80. The van der Waals surface area contributed by atoms with Crippen LogP contribution >= 0.6 is 0 Å². The Kier molecular flexibility index (Phi) is 11.3. The third kappa shape index (κ3) is 9.56. The molecule has 2 fully saturated rings. The lowest BCUT2D eigenvalue weighted by atomic mass is 10.1. The minimum atomic E-state index is -2.27. The summed E-state index contributed by atoms with van der Waals surface area (Å²) in [6.07, 6.45) is 1.51. The highest BCUT2D eigenvalue weighted by Gasteiger charge is 2.29. The number of para-hydroxylation sites is 1. The lowest BCUT2D eigenvalue weighted by Gasteiger charge is -2.28. The molecule has 33 heavy (non-hydrogen) atoms. The van der Waals surface area contributed by atoms with Crippen LogP contribution in [0.25, 0.3) is 0 Å². The van der Waals surface area contributed by atoms with Gasteiger partial charge in [0.1, 0.15) is 5.84 Å². The molecule has 0 aromatic heterocycles. The molecule has 182 valence electrons. The standard InChI is InChI=1S/C18H26N4O.C4H6O6/c1-2-7-11-19-17(10-6-1)21-18(22-12-14-23-15-13-22)20-16-8-4-3-5-9-16;5-1(3(7)8)2(6)4(9)10/h3-5,8-9H,1-2,6-7,10-15H2,(H,19,20,21);1-2,5-6H,(H,7,8)(H,9,10). The Balaban J connectivity index is 0.000000328. The third-order valence-corrected chi connectivity index (χ3v) is 4.99. The van der Waals surface area contributed by atoms with Crippen molar-refractivity contribution in [2.75, 3.05) is 32.8 Å². The van der Waals surface area contributed by atoms with E-state index in [9.17, 15) is 9.59 Å². The highest BCUT2D eigenvalue weighted by molar-refractivity contribution is 5.97. The van der Waals surface area contributed by atoms with Crippen LogP contribution in [0.3, 0.4) is 0 Å². The van der Waals surface area contributed by atoms with Crippen molar-refractivity contribution >= 4 is 29.4 Å². The number of ether oxygens (including phenoxy) is 1. The molecule has 2 atom stereocenters. The van der Waals surface area contributed by atoms with E-state index in [0.29, 0.717) is 0 Å². The molecule has 5 N–H and O–H groups in total. The van der Waals surface area contributed by atoms with Gasteiger partial charge < -0.3 is 35.4 Å². The molecule has 2 heterocycles. The van der Waals surface area contributed by atoms with Crippen LogP contribution in [0.5, 0.6) is 0 Å². The number of hydrogen-bond donors (Lipinski definition) is 5. The van der Waals surface area contributed by atoms with Crippen LogP contribution < -0.4 is 5.32 Å². The minimum absolute atomic E-state index is 0.742. The van der Waals surface area contributed by atoms with Crippen LogP contribution in [0.4, 0.5) is 5.69 Å². The summed E-state index contributed by atoms with van der Waals surface area (Å²) in [4.78, 5) is 31.4. The summed E-state index contributed by atoms with van der Waals surface area (Å²) in [5.74, 6) is -1.65. The van der Waals surface area contributed by atoms with Gasteiger partial charge >= 0.3 is 11.9 Å². The van der Waals surface area contributed by atoms with Crippen molar-refractivity contribution in [1.29, 1.82) is 0 Å². The van der Waals surface area contributed by atoms with E-state index < -0.39 is 24.1 Å². The summed E-state index contributed by atoms with van der Waals surface area (Å²) in [5.41, 5.74) is 0.948. The molecule has 0 saturated carbocycles. The molecule has 2 saturated heterocycles. The number of amidine groups is 1. The number of rotatable bonds is 4. The first-order valence-corrected chi connectivity index (χ1v) is 11.0. The number of aliphatic hydroxyl groups is 2. The van der Waals surface area contributed by atoms with Gasteiger partial charge in [-0.2, -0.15) is 0 Å². The number of aliphatic carboxylic acids is 2. The second kappa shape index (κ2) is 14.2. The second-order valence-corrected chi connectivity index (χ2v) is 7.56. The van der Waals surface area contributed by atoms with E-state index in [1.165, 1.54) is 25.7 Å². The second-order valence-electron chi connectivity index (χ2n) is 7.56. The van der Waals surface area contributed by atoms with E-state index in [0.717, 1.165) is 56.8 Å². The minimum Gasteiger partial charge on any atom is -0.479 e. The molecule has 2 unspecified atom stereocenters. The van der Waals surface area contributed by atoms with E-state index in [4.69, 9.17) is 35.1 Å². The molecule has 2 aliphatic rings. The fourth-order valence-electron chi connectivity index (χ4n) is 3.13. The number of benzene rings is 1. The van der Waals surface area contributed by atoms with Crippen molar-refractivity contribution in [1.82, 2.24) is 10.2 Å². The first-order chi connectivity index (χ1) is 15.9. The van der Waals surface area contributed by atoms with Gasteiger partial charge in [-0.1, -0.05) is 31.0 Å². The average molecular weight is 465 g/mol. The first kappa shape index (κ1) is 26.2. The Labute approximate surface area is 192 Å². The van der Waals surface area contributed by atoms with Crippen molar-refractivity contribution in [2.45, 2.75) is 44.3 Å². The van der Waals surface area contributed by atoms with E-state index in [2.05, 4.69) is 10.2 Å². The van der Waals surface area contributed by atoms with Crippen molar-refractivity contribution in [3.05, 3.63) is 30.3 Å². The number of carbonyl (C=O) groups is 2. The molecule has 0 radical (unpaired) electrons. The quantitative estimate of drug-likeness (QED) is 0.321. The van der Waals surface area contributed by atoms with Crippen LogP contribution in [0.1, 0.15) is 32.1 Å². The smallest absolute Gasteiger partial charge is 0.335 e. The SMILES string of the molecule is O=C(O)C(O)C(O)C(=O)O.c1ccc(N=C(N=C2CCCCCCN2)N2CCOCC2)cc1. The topological polar surface area (TPSA) is 164 Å². The maximum atomic E-state index is 9.77. The van der Waals surface area contributed by atoms with Gasteiger partial charge in [0.05, 0.1) is 18.9 Å². The van der Waals surface area contributed by atoms with Crippen molar-refractivity contribution < 1.29 is 34.8 Å². The van der Waals surface area contributed by atoms with Gasteiger partial charge in [0.2, 0.25) is 5.96 Å². The normalized spacial score (nSPS) is 20.4. The molecule has 1 aromatic rings. The van der Waals surface area contributed by atoms with E-state index in [1.54, 1.807) is 0 Å². The molecule has 1 aromatic carbocycles. The fraction of sp³-hybridized carbons (Fsp3) is 0.545. The van der Waals surface area contributed by atoms with Gasteiger partial charge in [0, 0.05) is 26.1 Å². The number of carboxylic acid groups (broad SMARTS) is 2. The highest BCUT2D eigenvalue weighted by Crippen LogP contribution is 2.14. The predicted octanol–water partition coefficient (Wildman–Crippen LogP) is 0.836. The number of aliphatic imine (C=N–C) groups is 2. The number of morpholine rings is 1. The largest absolute Gasteiger partial charge is 0.479 e. The highest BCUT2D eigenvalue weighted by atomic mass is 16.5. The molecule has 11 nitrogen and oxygen atoms in total. The number of nitrogens with zero attached hydrogens (tertiary/aromatic N) is 3. The van der Waals surface area contributed by atoms with Gasteiger partial charge in [-0.25, -0.2) is 19.6 Å². The summed E-state index contributed by atoms with van der Waals surface area (Å²) < 4.78 is 5.47. The zero-order valence-electron chi connectivity index (χ0n) is 18.5. The molecule has 0 amide bonds. The fourth-order valence-corrected chi connectivity index (χ4v) is 3.13. The first-order valence-electron chi connectivity index (χ1n) is 11.0. The lowest BCUT2D eigenvalue weighted by molar-refractivity contribution is -0.165. The Hall–Kier alpha value is -3.02. The zero-order valence-corrected chi connectivity index (χ0v) is 18.5. The number of nitrogens with one attached hydrogen (secondary N) is 1. The Bertz CT molecular complexity index is 782. The molecule has 2 aliphatic heterocycles. The van der Waals surface area contributed by atoms with Crippen LogP contribution in [0, 0.1) is 0 Å². The summed E-state index contributed by atoms with van der Waals surface area (Å²) in [6.45, 7) is 4.20. The Morgan fingerprint density at radius 1 is 0.939 bits per heavy atom. The molecular weight excluding hydrogens is 432 g/mol. The van der Waals surface area contributed by atoms with Crippen LogP contribution in [0.15, 0.2) is 40.3 Å². The van der Waals surface area contributed by atoms with Crippen LogP contribution in [-0.2, 0) is 14.3 Å². The third-order valence-electron chi connectivity index (χ3n) is 4.99. The summed E-state index contributed by atoms with van der Waals surface area (Å²) in [5, 5.41) is 36.0. The Morgan fingerprint density at radius 3 is 2.15 bits per heavy atom. The summed E-state index contributed by atoms with van der Waals surface area (Å²) in [7, 11) is 0. The van der Waals surface area contributed by atoms with Crippen molar-refractivity contribution in [3.63, 3.8) is 0 Å². The van der Waals surface area contributed by atoms with Gasteiger partial charge in [-0.3, -0.25) is 0 Å². The molecule has 0 spiro atoms. The number of aliphatic hydroxyl groups excluding tert-OH is 2. The van der Waals surface area contributed by atoms with Crippen LogP contribution in [-0.4, -0.2) is 94.1 Å². The van der Waals surface area contributed by atoms with E-state index in [1.807, 2.05) is 30.3 Å². The molecule has 0 bridgehead atoms. The maximum Gasteiger partial charge on any atom is 0.335 e. The molecular formula is C22H32N4O7. The predicted molar refractivity (Wildman–Crippen MR) is 122 cm³/mol. The van der Waals surface area contributed by atoms with Gasteiger partial charge in [-0.05, 0) is 25.0 Å². The van der Waals surface area contributed by atoms with Gasteiger partial charge in [-0.15, -0.1) is 0 Å². The maximum absolute atomic E-state index is 9.77. The van der Waals surface area contributed by atoms with Crippen LogP contribution in [0.2, 0.25) is 0 Å². The van der Waals surface area contributed by atoms with Crippen molar-refractivity contribution in [3.8, 4) is 0 Å². The Morgan fingerprint density at radius 2 is 1.55 bits per heavy atom. The molecule has 0 aliphatic carbocycles. The number of carboxylic acids is 2. The lowest BCUT2D eigenvalue weighted by Crippen LogP contribution is -2.41. The van der Waals surface area contributed by atoms with E-state index >= 15 is 0 Å². The zero-order chi connectivity index (χ0) is 24.1. The summed E-state index contributed by atoms with van der Waals surface area (Å²) >= 11 is 0. The van der Waals surface area contributed by atoms with Gasteiger partial charge in [0.25, 0.3) is 0 Å². The number of guanidine groups is 1. The number of hydrogen-bond acceptors (Lipinski definition) is 6. The van der Waals surface area contributed by atoms with E-state index in [-0.39, 0.29) is 0 Å². The molecule has 11 heteroatoms. The van der Waals surface area contributed by atoms with Crippen molar-refractivity contribution in [2.24, 2.45) is 9.98 Å².